The fraction of sp³-hybridized carbons (Fsp3) is 0.267. The van der Waals surface area contributed by atoms with E-state index in [4.69, 9.17) is 9.47 Å². The number of ether oxygens (including phenoxy) is 2. The van der Waals surface area contributed by atoms with Crippen LogP contribution >= 0.6 is 0 Å². The molecule has 0 aliphatic carbocycles. The van der Waals surface area contributed by atoms with E-state index in [1.165, 1.54) is 0 Å². The predicted octanol–water partition coefficient (Wildman–Crippen LogP) is 3.23. The first-order valence-electron chi connectivity index (χ1n) is 6.18. The quantitative estimate of drug-likeness (QED) is 0.598. The van der Waals surface area contributed by atoms with Gasteiger partial charge in [-0.2, -0.15) is 0 Å². The smallest absolute Gasteiger partial charge is 0.183 e. The number of benzene rings is 1. The maximum absolute atomic E-state index is 11.3. The van der Waals surface area contributed by atoms with Crippen LogP contribution in [0, 0.1) is 4.91 Å². The molecule has 1 atom stereocenters. The lowest BCUT2D eigenvalue weighted by Gasteiger charge is -2.20. The highest BCUT2D eigenvalue weighted by Crippen LogP contribution is 2.32. The summed E-state index contributed by atoms with van der Waals surface area (Å²) in [5, 5.41) is 3.24. The van der Waals surface area contributed by atoms with Crippen LogP contribution in [0.15, 0.2) is 54.0 Å². The zero-order valence-electron chi connectivity index (χ0n) is 11.4. The first-order valence-corrected chi connectivity index (χ1v) is 6.18. The second-order valence-corrected chi connectivity index (χ2v) is 4.23. The Morgan fingerprint density at radius 3 is 2.30 bits per heavy atom. The summed E-state index contributed by atoms with van der Waals surface area (Å²) in [5.74, 6) is 0. The third kappa shape index (κ3) is 2.89. The SMILES string of the molecule is COC(OC)c1ccccc1C(N=O)c1cccnc1. The average molecular weight is 272 g/mol. The number of rotatable bonds is 6. The summed E-state index contributed by atoms with van der Waals surface area (Å²) >= 11 is 0. The molecule has 5 heteroatoms. The second kappa shape index (κ2) is 6.88. The molecular formula is C15H16N2O3. The van der Waals surface area contributed by atoms with Gasteiger partial charge in [0.05, 0.1) is 0 Å². The van der Waals surface area contributed by atoms with Crippen LogP contribution < -0.4 is 0 Å². The van der Waals surface area contributed by atoms with E-state index in [9.17, 15) is 4.91 Å². The number of nitrogens with zero attached hydrogens (tertiary/aromatic N) is 2. The second-order valence-electron chi connectivity index (χ2n) is 4.23. The molecule has 5 nitrogen and oxygen atoms in total. The molecule has 1 aromatic heterocycles. The van der Waals surface area contributed by atoms with E-state index in [0.29, 0.717) is 0 Å². The molecule has 0 radical (unpaired) electrons. The highest BCUT2D eigenvalue weighted by molar-refractivity contribution is 5.37. The first kappa shape index (κ1) is 14.3. The molecule has 0 bridgehead atoms. The molecule has 0 aliphatic heterocycles. The molecule has 0 saturated heterocycles. The molecule has 2 rings (SSSR count). The van der Waals surface area contributed by atoms with Gasteiger partial charge in [0.25, 0.3) is 0 Å². The minimum atomic E-state index is -0.632. The van der Waals surface area contributed by atoms with Gasteiger partial charge >= 0.3 is 0 Å². The van der Waals surface area contributed by atoms with Crippen LogP contribution in [0.25, 0.3) is 0 Å². The van der Waals surface area contributed by atoms with Gasteiger partial charge in [-0.25, -0.2) is 0 Å². The highest BCUT2D eigenvalue weighted by Gasteiger charge is 2.22. The third-order valence-corrected chi connectivity index (χ3v) is 3.08. The van der Waals surface area contributed by atoms with Gasteiger partial charge in [-0.1, -0.05) is 35.5 Å². The van der Waals surface area contributed by atoms with Gasteiger partial charge in [-0.3, -0.25) is 4.98 Å². The van der Waals surface area contributed by atoms with E-state index in [1.54, 1.807) is 32.7 Å². The number of nitroso groups, excluding NO2 is 1. The van der Waals surface area contributed by atoms with E-state index in [0.717, 1.165) is 16.7 Å². The van der Waals surface area contributed by atoms with Gasteiger partial charge in [0, 0.05) is 37.7 Å². The summed E-state index contributed by atoms with van der Waals surface area (Å²) in [7, 11) is 3.11. The summed E-state index contributed by atoms with van der Waals surface area (Å²) in [4.78, 5) is 15.3. The van der Waals surface area contributed by atoms with E-state index >= 15 is 0 Å². The van der Waals surface area contributed by atoms with E-state index in [1.807, 2.05) is 30.3 Å². The Bertz CT molecular complexity index is 556. The molecule has 0 fully saturated rings. The van der Waals surface area contributed by atoms with Crippen molar-refractivity contribution in [2.75, 3.05) is 14.2 Å². The van der Waals surface area contributed by atoms with Crippen molar-refractivity contribution in [2.45, 2.75) is 12.3 Å². The number of hydrogen-bond acceptors (Lipinski definition) is 5. The zero-order chi connectivity index (χ0) is 14.4. The molecule has 0 saturated carbocycles. The van der Waals surface area contributed by atoms with Gasteiger partial charge < -0.3 is 9.47 Å². The molecule has 1 heterocycles. The van der Waals surface area contributed by atoms with Crippen molar-refractivity contribution in [2.24, 2.45) is 5.18 Å². The van der Waals surface area contributed by atoms with E-state index in [-0.39, 0.29) is 0 Å². The molecule has 1 unspecified atom stereocenters. The van der Waals surface area contributed by atoms with Gasteiger partial charge in [-0.05, 0) is 11.6 Å². The zero-order valence-corrected chi connectivity index (χ0v) is 11.4. The Hall–Kier alpha value is -2.11. The molecule has 104 valence electrons. The van der Waals surface area contributed by atoms with Gasteiger partial charge in [0.1, 0.15) is 6.04 Å². The summed E-state index contributed by atoms with van der Waals surface area (Å²) < 4.78 is 10.6. The molecular weight excluding hydrogens is 256 g/mol. The summed E-state index contributed by atoms with van der Waals surface area (Å²) in [6, 6.07) is 10.4. The monoisotopic (exact) mass is 272 g/mol. The van der Waals surface area contributed by atoms with Crippen molar-refractivity contribution < 1.29 is 9.47 Å². The van der Waals surface area contributed by atoms with Gasteiger partial charge in [0.2, 0.25) is 0 Å². The summed E-state index contributed by atoms with van der Waals surface area (Å²) in [6.45, 7) is 0. The highest BCUT2D eigenvalue weighted by atomic mass is 16.7. The first-order chi connectivity index (χ1) is 9.81. The molecule has 20 heavy (non-hydrogen) atoms. The van der Waals surface area contributed by atoms with Crippen molar-refractivity contribution in [3.8, 4) is 0 Å². The van der Waals surface area contributed by atoms with Gasteiger partial charge in [-0.15, -0.1) is 4.91 Å². The number of methoxy groups -OCH3 is 2. The maximum atomic E-state index is 11.3. The van der Waals surface area contributed by atoms with Crippen molar-refractivity contribution in [3.63, 3.8) is 0 Å². The van der Waals surface area contributed by atoms with Crippen LogP contribution in [0.3, 0.4) is 0 Å². The summed E-state index contributed by atoms with van der Waals surface area (Å²) in [5.41, 5.74) is 2.27. The third-order valence-electron chi connectivity index (χ3n) is 3.08. The lowest BCUT2D eigenvalue weighted by atomic mass is 9.96. The molecule has 1 aromatic carbocycles. The van der Waals surface area contributed by atoms with Crippen molar-refractivity contribution in [1.29, 1.82) is 0 Å². The number of pyridine rings is 1. The molecule has 0 spiro atoms. The normalized spacial score (nSPS) is 12.3. The minimum absolute atomic E-state index is 0.535. The Morgan fingerprint density at radius 1 is 1.05 bits per heavy atom. The van der Waals surface area contributed by atoms with Crippen LogP contribution in [0.5, 0.6) is 0 Å². The number of aromatic nitrogens is 1. The maximum Gasteiger partial charge on any atom is 0.183 e. The summed E-state index contributed by atoms with van der Waals surface area (Å²) in [6.07, 6.45) is 2.76. The minimum Gasteiger partial charge on any atom is -0.352 e. The fourth-order valence-electron chi connectivity index (χ4n) is 2.16. The Kier molecular flexibility index (Phi) is 4.92. The van der Waals surface area contributed by atoms with Crippen LogP contribution in [-0.2, 0) is 9.47 Å². The predicted molar refractivity (Wildman–Crippen MR) is 75.1 cm³/mol. The van der Waals surface area contributed by atoms with Crippen LogP contribution in [0.2, 0.25) is 0 Å². The Balaban J connectivity index is 2.48. The Morgan fingerprint density at radius 2 is 1.75 bits per heavy atom. The van der Waals surface area contributed by atoms with E-state index in [2.05, 4.69) is 10.2 Å². The lowest BCUT2D eigenvalue weighted by molar-refractivity contribution is -0.106. The fourth-order valence-corrected chi connectivity index (χ4v) is 2.16. The molecule has 0 amide bonds. The van der Waals surface area contributed by atoms with Crippen LogP contribution in [0.4, 0.5) is 0 Å². The van der Waals surface area contributed by atoms with Crippen LogP contribution in [-0.4, -0.2) is 19.2 Å². The number of hydrogen-bond donors (Lipinski definition) is 0. The Labute approximate surface area is 117 Å². The van der Waals surface area contributed by atoms with Crippen LogP contribution in [0.1, 0.15) is 29.0 Å². The van der Waals surface area contributed by atoms with Crippen molar-refractivity contribution >= 4 is 0 Å². The topological polar surface area (TPSA) is 60.8 Å². The lowest BCUT2D eigenvalue weighted by Crippen LogP contribution is -2.10. The molecule has 0 N–H and O–H groups in total. The van der Waals surface area contributed by atoms with Crippen molar-refractivity contribution in [3.05, 3.63) is 70.4 Å². The van der Waals surface area contributed by atoms with Crippen molar-refractivity contribution in [1.82, 2.24) is 4.98 Å². The molecule has 2 aromatic rings. The van der Waals surface area contributed by atoms with Gasteiger partial charge in [0.15, 0.2) is 6.29 Å². The molecule has 0 aliphatic rings. The van der Waals surface area contributed by atoms with E-state index < -0.39 is 12.3 Å². The largest absolute Gasteiger partial charge is 0.352 e. The average Bonchev–Trinajstić information content (AvgIpc) is 2.52. The standard InChI is InChI=1S/C15H16N2O3/c1-19-15(20-2)13-8-4-3-7-12(13)14(17-18)11-6-5-9-16-10-11/h3-10,14-15H,1-2H3.